The van der Waals surface area contributed by atoms with Crippen LogP contribution in [0.5, 0.6) is 5.75 Å². The number of hydrogen-bond donors (Lipinski definition) is 3. The van der Waals surface area contributed by atoms with E-state index < -0.39 is 0 Å². The fourth-order valence-corrected chi connectivity index (χ4v) is 3.00. The van der Waals surface area contributed by atoms with Crippen molar-refractivity contribution in [3.8, 4) is 5.75 Å². The van der Waals surface area contributed by atoms with Gasteiger partial charge in [0, 0.05) is 17.4 Å². The van der Waals surface area contributed by atoms with Gasteiger partial charge < -0.3 is 20.7 Å². The molecule has 4 rings (SSSR count). The first kappa shape index (κ1) is 16.4. The van der Waals surface area contributed by atoms with Crippen LogP contribution in [0.1, 0.15) is 18.4 Å². The summed E-state index contributed by atoms with van der Waals surface area (Å²) in [5.41, 5.74) is 2.33. The summed E-state index contributed by atoms with van der Waals surface area (Å²) in [5, 5.41) is 8.63. The molecule has 1 atom stereocenters. The number of fused-ring (bicyclic) bond motifs is 1. The fraction of sp³-hybridized carbons (Fsp3) is 0.300. The number of ether oxygens (including phenoxy) is 1. The molecular weight excluding hydrogens is 330 g/mol. The molecule has 2 aromatic carbocycles. The average Bonchev–Trinajstić information content (AvgIpc) is 3.46. The number of carbonyl (C=O) groups is 2. The van der Waals surface area contributed by atoms with Crippen LogP contribution < -0.4 is 20.7 Å². The van der Waals surface area contributed by atoms with E-state index in [2.05, 4.69) is 16.0 Å². The van der Waals surface area contributed by atoms with Crippen LogP contribution in [0.2, 0.25) is 0 Å². The number of rotatable bonds is 4. The monoisotopic (exact) mass is 351 g/mol. The molecule has 1 fully saturated rings. The van der Waals surface area contributed by atoms with Gasteiger partial charge in [0.1, 0.15) is 12.4 Å². The van der Waals surface area contributed by atoms with E-state index in [4.69, 9.17) is 4.74 Å². The Morgan fingerprint density at radius 3 is 2.50 bits per heavy atom. The van der Waals surface area contributed by atoms with Gasteiger partial charge in [-0.2, -0.15) is 0 Å². The fourth-order valence-electron chi connectivity index (χ4n) is 3.00. The SMILES string of the molecule is O=C(Nc1ccccc1)Nc1ccc2c(c1)CC(C(=O)NC1CC1)CO2. The van der Waals surface area contributed by atoms with Crippen molar-refractivity contribution < 1.29 is 14.3 Å². The number of urea groups is 1. The van der Waals surface area contributed by atoms with E-state index in [1.807, 2.05) is 42.5 Å². The van der Waals surface area contributed by atoms with Crippen molar-refractivity contribution in [1.82, 2.24) is 5.32 Å². The summed E-state index contributed by atoms with van der Waals surface area (Å²) in [7, 11) is 0. The minimum Gasteiger partial charge on any atom is -0.492 e. The number of nitrogens with one attached hydrogen (secondary N) is 3. The third kappa shape index (κ3) is 3.96. The second kappa shape index (κ2) is 7.07. The maximum absolute atomic E-state index is 12.3. The third-order valence-electron chi connectivity index (χ3n) is 4.55. The second-order valence-electron chi connectivity index (χ2n) is 6.76. The third-order valence-corrected chi connectivity index (χ3v) is 4.55. The summed E-state index contributed by atoms with van der Waals surface area (Å²) in [4.78, 5) is 24.4. The van der Waals surface area contributed by atoms with E-state index >= 15 is 0 Å². The number of amides is 3. The average molecular weight is 351 g/mol. The molecule has 6 heteroatoms. The quantitative estimate of drug-likeness (QED) is 0.792. The van der Waals surface area contributed by atoms with E-state index in [0.29, 0.717) is 24.8 Å². The normalized spacial score (nSPS) is 18.2. The van der Waals surface area contributed by atoms with Gasteiger partial charge >= 0.3 is 6.03 Å². The van der Waals surface area contributed by atoms with Crippen LogP contribution in [-0.4, -0.2) is 24.6 Å². The zero-order chi connectivity index (χ0) is 17.9. The molecule has 3 amide bonds. The van der Waals surface area contributed by atoms with Crippen molar-refractivity contribution in [2.24, 2.45) is 5.92 Å². The van der Waals surface area contributed by atoms with Crippen LogP contribution in [0.3, 0.4) is 0 Å². The lowest BCUT2D eigenvalue weighted by molar-refractivity contribution is -0.126. The summed E-state index contributed by atoms with van der Waals surface area (Å²) in [6.45, 7) is 0.396. The standard InChI is InChI=1S/C20H21N3O3/c24-19(21-16-6-7-16)14-10-13-11-17(8-9-18(13)26-12-14)23-20(25)22-15-4-2-1-3-5-15/h1-5,8-9,11,14,16H,6-7,10,12H2,(H,21,24)(H2,22,23,25). The molecule has 3 N–H and O–H groups in total. The van der Waals surface area contributed by atoms with Crippen molar-refractivity contribution in [3.63, 3.8) is 0 Å². The van der Waals surface area contributed by atoms with Crippen molar-refractivity contribution in [1.29, 1.82) is 0 Å². The summed E-state index contributed by atoms with van der Waals surface area (Å²) in [6, 6.07) is 14.8. The molecule has 0 radical (unpaired) electrons. The van der Waals surface area contributed by atoms with Crippen molar-refractivity contribution >= 4 is 23.3 Å². The highest BCUT2D eigenvalue weighted by molar-refractivity contribution is 5.99. The highest BCUT2D eigenvalue weighted by Gasteiger charge is 2.30. The summed E-state index contributed by atoms with van der Waals surface area (Å²) >= 11 is 0. The van der Waals surface area contributed by atoms with Gasteiger partial charge in [0.15, 0.2) is 0 Å². The summed E-state index contributed by atoms with van der Waals surface area (Å²) in [5.74, 6) is 0.643. The van der Waals surface area contributed by atoms with Crippen LogP contribution in [-0.2, 0) is 11.2 Å². The van der Waals surface area contributed by atoms with E-state index in [1.165, 1.54) is 0 Å². The predicted octanol–water partition coefficient (Wildman–Crippen LogP) is 3.16. The maximum Gasteiger partial charge on any atom is 0.323 e. The summed E-state index contributed by atoms with van der Waals surface area (Å²) < 4.78 is 5.73. The Morgan fingerprint density at radius 2 is 1.73 bits per heavy atom. The Morgan fingerprint density at radius 1 is 0.962 bits per heavy atom. The Hall–Kier alpha value is -3.02. The van der Waals surface area contributed by atoms with Crippen LogP contribution in [0.15, 0.2) is 48.5 Å². The molecule has 1 aliphatic carbocycles. The molecule has 0 bridgehead atoms. The minimum atomic E-state index is -0.309. The molecular formula is C20H21N3O3. The summed E-state index contributed by atoms with van der Waals surface area (Å²) in [6.07, 6.45) is 2.75. The molecule has 134 valence electrons. The van der Waals surface area contributed by atoms with Gasteiger partial charge in [0.2, 0.25) is 5.91 Å². The first-order valence-electron chi connectivity index (χ1n) is 8.86. The minimum absolute atomic E-state index is 0.0540. The van der Waals surface area contributed by atoms with Gasteiger partial charge in [0.25, 0.3) is 0 Å². The number of hydrogen-bond acceptors (Lipinski definition) is 3. The van der Waals surface area contributed by atoms with Crippen LogP contribution in [0.25, 0.3) is 0 Å². The predicted molar refractivity (Wildman–Crippen MR) is 99.4 cm³/mol. The molecule has 0 saturated heterocycles. The Kier molecular flexibility index (Phi) is 4.48. The maximum atomic E-state index is 12.3. The van der Waals surface area contributed by atoms with Gasteiger partial charge in [-0.3, -0.25) is 4.79 Å². The molecule has 1 saturated carbocycles. The van der Waals surface area contributed by atoms with Crippen molar-refractivity contribution in [2.75, 3.05) is 17.2 Å². The van der Waals surface area contributed by atoms with Crippen LogP contribution in [0.4, 0.5) is 16.2 Å². The van der Waals surface area contributed by atoms with Crippen LogP contribution in [0, 0.1) is 5.92 Å². The number of benzene rings is 2. The number of carbonyl (C=O) groups excluding carboxylic acids is 2. The van der Waals surface area contributed by atoms with Gasteiger partial charge in [-0.1, -0.05) is 18.2 Å². The first-order chi connectivity index (χ1) is 12.7. The number of anilines is 2. The van der Waals surface area contributed by atoms with Gasteiger partial charge in [-0.25, -0.2) is 4.79 Å². The highest BCUT2D eigenvalue weighted by Crippen LogP contribution is 2.30. The zero-order valence-electron chi connectivity index (χ0n) is 14.3. The number of para-hydroxylation sites is 1. The zero-order valence-corrected chi connectivity index (χ0v) is 14.3. The van der Waals surface area contributed by atoms with E-state index in [1.54, 1.807) is 6.07 Å². The molecule has 0 spiro atoms. The molecule has 2 aromatic rings. The lowest BCUT2D eigenvalue weighted by Gasteiger charge is -2.25. The lowest BCUT2D eigenvalue weighted by Crippen LogP contribution is -2.38. The van der Waals surface area contributed by atoms with E-state index in [9.17, 15) is 9.59 Å². The van der Waals surface area contributed by atoms with Crippen molar-refractivity contribution in [3.05, 3.63) is 54.1 Å². The van der Waals surface area contributed by atoms with Crippen LogP contribution >= 0.6 is 0 Å². The first-order valence-corrected chi connectivity index (χ1v) is 8.86. The van der Waals surface area contributed by atoms with Gasteiger partial charge in [0.05, 0.1) is 5.92 Å². The molecule has 0 aromatic heterocycles. The van der Waals surface area contributed by atoms with E-state index in [0.717, 1.165) is 29.8 Å². The molecule has 6 nitrogen and oxygen atoms in total. The Bertz CT molecular complexity index is 818. The Labute approximate surface area is 151 Å². The molecule has 1 unspecified atom stereocenters. The van der Waals surface area contributed by atoms with Crippen molar-refractivity contribution in [2.45, 2.75) is 25.3 Å². The molecule has 1 aliphatic heterocycles. The van der Waals surface area contributed by atoms with E-state index in [-0.39, 0.29) is 17.9 Å². The highest BCUT2D eigenvalue weighted by atomic mass is 16.5. The molecule has 2 aliphatic rings. The topological polar surface area (TPSA) is 79.5 Å². The smallest absolute Gasteiger partial charge is 0.323 e. The lowest BCUT2D eigenvalue weighted by atomic mass is 9.95. The largest absolute Gasteiger partial charge is 0.492 e. The van der Waals surface area contributed by atoms with Gasteiger partial charge in [-0.15, -0.1) is 0 Å². The Balaban J connectivity index is 1.40. The van der Waals surface area contributed by atoms with Gasteiger partial charge in [-0.05, 0) is 55.2 Å². The molecule has 26 heavy (non-hydrogen) atoms. The molecule has 1 heterocycles. The second-order valence-corrected chi connectivity index (χ2v) is 6.76.